The Hall–Kier alpha value is -1.88. The Morgan fingerprint density at radius 3 is 2.75 bits per heavy atom. The third-order valence-corrected chi connectivity index (χ3v) is 4.54. The van der Waals surface area contributed by atoms with Gasteiger partial charge in [0, 0.05) is 12.6 Å². The van der Waals surface area contributed by atoms with E-state index < -0.39 is 6.04 Å². The molecule has 0 aliphatic carbocycles. The van der Waals surface area contributed by atoms with Gasteiger partial charge in [-0.25, -0.2) is 0 Å². The topological polar surface area (TPSA) is 70.2 Å². The first-order valence-corrected chi connectivity index (χ1v) is 8.85. The van der Waals surface area contributed by atoms with E-state index >= 15 is 0 Å². The number of benzene rings is 1. The molecule has 2 atom stereocenters. The van der Waals surface area contributed by atoms with Crippen molar-refractivity contribution in [3.63, 3.8) is 0 Å². The molecule has 132 valence electrons. The maximum absolute atomic E-state index is 12.3. The Balaban J connectivity index is 1.93. The number of hydrogen-bond donors (Lipinski definition) is 3. The highest BCUT2D eigenvalue weighted by Gasteiger charge is 2.23. The Labute approximate surface area is 144 Å². The standard InChI is InChI=1S/C19H29N3O2/c1-13(2)18(15-9-5-4-8-14(15)3)21-12-17(23)22-16-10-6-7-11-20-19(16)24/h4-5,8-9,13,16,18,21H,6-7,10-12H2,1-3H3,(H,20,24)(H,22,23)/t16-,18+/m0/s1. The quantitative estimate of drug-likeness (QED) is 0.747. The fraction of sp³-hybridized carbons (Fsp3) is 0.579. The number of amides is 2. The molecule has 1 aromatic rings. The van der Waals surface area contributed by atoms with Gasteiger partial charge in [0.05, 0.1) is 6.54 Å². The summed E-state index contributed by atoms with van der Waals surface area (Å²) in [4.78, 5) is 24.2. The van der Waals surface area contributed by atoms with Crippen LogP contribution in [-0.2, 0) is 9.59 Å². The molecular weight excluding hydrogens is 302 g/mol. The highest BCUT2D eigenvalue weighted by Crippen LogP contribution is 2.24. The minimum atomic E-state index is -0.405. The lowest BCUT2D eigenvalue weighted by atomic mass is 9.92. The molecule has 3 N–H and O–H groups in total. The first kappa shape index (κ1) is 18.5. The summed E-state index contributed by atoms with van der Waals surface area (Å²) in [6.45, 7) is 7.27. The van der Waals surface area contributed by atoms with Crippen molar-refractivity contribution < 1.29 is 9.59 Å². The van der Waals surface area contributed by atoms with Crippen LogP contribution in [0.1, 0.15) is 50.3 Å². The summed E-state index contributed by atoms with van der Waals surface area (Å²) < 4.78 is 0. The molecule has 1 fully saturated rings. The second-order valence-electron chi connectivity index (χ2n) is 6.87. The number of rotatable bonds is 6. The van der Waals surface area contributed by atoms with E-state index in [4.69, 9.17) is 0 Å². The lowest BCUT2D eigenvalue weighted by Gasteiger charge is -2.25. The van der Waals surface area contributed by atoms with Gasteiger partial charge in [-0.1, -0.05) is 38.1 Å². The minimum absolute atomic E-state index is 0.0693. The van der Waals surface area contributed by atoms with E-state index in [1.807, 2.05) is 12.1 Å². The van der Waals surface area contributed by atoms with Gasteiger partial charge >= 0.3 is 0 Å². The third kappa shape index (κ3) is 5.06. The van der Waals surface area contributed by atoms with E-state index in [-0.39, 0.29) is 24.4 Å². The molecule has 0 unspecified atom stereocenters. The molecule has 2 amide bonds. The van der Waals surface area contributed by atoms with Crippen molar-refractivity contribution in [2.45, 2.75) is 52.1 Å². The molecule has 0 radical (unpaired) electrons. The molecule has 24 heavy (non-hydrogen) atoms. The Morgan fingerprint density at radius 1 is 1.29 bits per heavy atom. The maximum Gasteiger partial charge on any atom is 0.242 e. The summed E-state index contributed by atoms with van der Waals surface area (Å²) in [5.41, 5.74) is 2.43. The van der Waals surface area contributed by atoms with Crippen LogP contribution in [0.25, 0.3) is 0 Å². The zero-order valence-corrected chi connectivity index (χ0v) is 14.9. The number of nitrogens with one attached hydrogen (secondary N) is 3. The van der Waals surface area contributed by atoms with Gasteiger partial charge in [-0.3, -0.25) is 9.59 Å². The molecule has 1 heterocycles. The van der Waals surface area contributed by atoms with Gasteiger partial charge in [0.1, 0.15) is 6.04 Å². The van der Waals surface area contributed by atoms with Crippen LogP contribution in [0.15, 0.2) is 24.3 Å². The molecule has 0 saturated carbocycles. The van der Waals surface area contributed by atoms with Gasteiger partial charge in [-0.05, 0) is 43.2 Å². The van der Waals surface area contributed by atoms with Gasteiger partial charge < -0.3 is 16.0 Å². The molecule has 5 nitrogen and oxygen atoms in total. The number of hydrogen-bond acceptors (Lipinski definition) is 3. The summed E-state index contributed by atoms with van der Waals surface area (Å²) >= 11 is 0. The van der Waals surface area contributed by atoms with Crippen LogP contribution in [0.3, 0.4) is 0 Å². The lowest BCUT2D eigenvalue weighted by Crippen LogP contribution is -2.48. The van der Waals surface area contributed by atoms with Crippen molar-refractivity contribution in [1.29, 1.82) is 0 Å². The van der Waals surface area contributed by atoms with Crippen molar-refractivity contribution in [1.82, 2.24) is 16.0 Å². The Morgan fingerprint density at radius 2 is 2.04 bits per heavy atom. The van der Waals surface area contributed by atoms with E-state index in [1.54, 1.807) is 0 Å². The average Bonchev–Trinajstić information content (AvgIpc) is 2.74. The first-order valence-electron chi connectivity index (χ1n) is 8.85. The van der Waals surface area contributed by atoms with Crippen LogP contribution < -0.4 is 16.0 Å². The summed E-state index contributed by atoms with van der Waals surface area (Å²) in [7, 11) is 0. The highest BCUT2D eigenvalue weighted by molar-refractivity contribution is 5.88. The molecule has 1 saturated heterocycles. The van der Waals surface area contributed by atoms with Crippen LogP contribution in [0.2, 0.25) is 0 Å². The van der Waals surface area contributed by atoms with E-state index in [1.165, 1.54) is 11.1 Å². The van der Waals surface area contributed by atoms with E-state index in [2.05, 4.69) is 48.9 Å². The van der Waals surface area contributed by atoms with Crippen LogP contribution in [0.5, 0.6) is 0 Å². The van der Waals surface area contributed by atoms with E-state index in [9.17, 15) is 9.59 Å². The molecule has 0 aromatic heterocycles. The van der Waals surface area contributed by atoms with Crippen LogP contribution in [0, 0.1) is 12.8 Å². The lowest BCUT2D eigenvalue weighted by molar-refractivity contribution is -0.128. The summed E-state index contributed by atoms with van der Waals surface area (Å²) in [6, 6.07) is 7.94. The van der Waals surface area contributed by atoms with Crippen molar-refractivity contribution in [3.8, 4) is 0 Å². The predicted molar refractivity (Wildman–Crippen MR) is 95.6 cm³/mol. The van der Waals surface area contributed by atoms with E-state index in [0.29, 0.717) is 18.9 Å². The van der Waals surface area contributed by atoms with Crippen LogP contribution in [0.4, 0.5) is 0 Å². The summed E-state index contributed by atoms with van der Waals surface area (Å²) in [5, 5.41) is 9.05. The molecule has 0 spiro atoms. The van der Waals surface area contributed by atoms with Gasteiger partial charge in [0.15, 0.2) is 0 Å². The number of carbonyl (C=O) groups excluding carboxylic acids is 2. The summed E-state index contributed by atoms with van der Waals surface area (Å²) in [5.74, 6) is 0.163. The fourth-order valence-electron chi connectivity index (χ4n) is 3.17. The highest BCUT2D eigenvalue weighted by atomic mass is 16.2. The SMILES string of the molecule is Cc1ccccc1[C@H](NCC(=O)N[C@H]1CCCCNC1=O)C(C)C. The van der Waals surface area contributed by atoms with Crippen LogP contribution >= 0.6 is 0 Å². The third-order valence-electron chi connectivity index (χ3n) is 4.54. The van der Waals surface area contributed by atoms with Gasteiger partial charge in [-0.2, -0.15) is 0 Å². The molecule has 1 aliphatic heterocycles. The normalized spacial score (nSPS) is 19.5. The number of carbonyl (C=O) groups is 2. The zero-order chi connectivity index (χ0) is 17.5. The van der Waals surface area contributed by atoms with Crippen molar-refractivity contribution in [3.05, 3.63) is 35.4 Å². The molecule has 5 heteroatoms. The van der Waals surface area contributed by atoms with Crippen molar-refractivity contribution >= 4 is 11.8 Å². The molecular formula is C19H29N3O2. The Kier molecular flexibility index (Phi) is 6.79. The zero-order valence-electron chi connectivity index (χ0n) is 14.9. The average molecular weight is 331 g/mol. The van der Waals surface area contributed by atoms with Crippen molar-refractivity contribution in [2.75, 3.05) is 13.1 Å². The maximum atomic E-state index is 12.3. The largest absolute Gasteiger partial charge is 0.354 e. The van der Waals surface area contributed by atoms with E-state index in [0.717, 1.165) is 12.8 Å². The first-order chi connectivity index (χ1) is 11.5. The monoisotopic (exact) mass is 331 g/mol. The molecule has 1 aliphatic rings. The van der Waals surface area contributed by atoms with Gasteiger partial charge in [-0.15, -0.1) is 0 Å². The smallest absolute Gasteiger partial charge is 0.242 e. The van der Waals surface area contributed by atoms with Crippen molar-refractivity contribution in [2.24, 2.45) is 5.92 Å². The second kappa shape index (κ2) is 8.83. The van der Waals surface area contributed by atoms with Crippen LogP contribution in [-0.4, -0.2) is 30.9 Å². The van der Waals surface area contributed by atoms with Gasteiger partial charge in [0.25, 0.3) is 0 Å². The van der Waals surface area contributed by atoms with Gasteiger partial charge in [0.2, 0.25) is 11.8 Å². The molecule has 2 rings (SSSR count). The minimum Gasteiger partial charge on any atom is -0.354 e. The number of aryl methyl sites for hydroxylation is 1. The summed E-state index contributed by atoms with van der Waals surface area (Å²) in [6.07, 6.45) is 2.64. The predicted octanol–water partition coefficient (Wildman–Crippen LogP) is 2.07. The molecule has 0 bridgehead atoms. The fourth-order valence-corrected chi connectivity index (χ4v) is 3.17. The second-order valence-corrected chi connectivity index (χ2v) is 6.87. The molecule has 1 aromatic carbocycles. The Bertz CT molecular complexity index is 571.